The molecule has 0 N–H and O–H groups in total. The fourth-order valence-corrected chi connectivity index (χ4v) is 2.15. The van der Waals surface area contributed by atoms with Crippen LogP contribution >= 0.6 is 15.9 Å². The summed E-state index contributed by atoms with van der Waals surface area (Å²) in [7, 11) is 0. The van der Waals surface area contributed by atoms with Crippen LogP contribution in [0.15, 0.2) is 53.0 Å². The second-order valence-electron chi connectivity index (χ2n) is 5.34. The highest BCUT2D eigenvalue weighted by atomic mass is 79.9. The highest BCUT2D eigenvalue weighted by Crippen LogP contribution is 2.31. The van der Waals surface area contributed by atoms with E-state index in [9.17, 15) is 0 Å². The smallest absolute Gasteiger partial charge is 0.128 e. The van der Waals surface area contributed by atoms with E-state index in [-0.39, 0.29) is 5.41 Å². The van der Waals surface area contributed by atoms with Crippen LogP contribution in [0.5, 0.6) is 11.5 Å². The third-order valence-electron chi connectivity index (χ3n) is 2.72. The van der Waals surface area contributed by atoms with Crippen molar-refractivity contribution in [2.45, 2.75) is 26.2 Å². The molecule has 2 heteroatoms. The van der Waals surface area contributed by atoms with Crippen molar-refractivity contribution in [3.8, 4) is 11.5 Å². The van der Waals surface area contributed by atoms with Gasteiger partial charge in [-0.2, -0.15) is 0 Å². The Morgan fingerprint density at radius 2 is 1.56 bits per heavy atom. The maximum atomic E-state index is 5.86. The van der Waals surface area contributed by atoms with Crippen molar-refractivity contribution in [1.82, 2.24) is 0 Å². The van der Waals surface area contributed by atoms with Gasteiger partial charge in [0.15, 0.2) is 0 Å². The fourth-order valence-electron chi connectivity index (χ4n) is 1.68. The molecule has 94 valence electrons. The summed E-state index contributed by atoms with van der Waals surface area (Å²) in [6, 6.07) is 16.1. The summed E-state index contributed by atoms with van der Waals surface area (Å²) in [6.45, 7) is 6.59. The van der Waals surface area contributed by atoms with Crippen LogP contribution in [0.2, 0.25) is 0 Å². The normalized spacial score (nSPS) is 11.3. The predicted octanol–water partition coefficient (Wildman–Crippen LogP) is 5.54. The zero-order chi connectivity index (χ0) is 13.2. The van der Waals surface area contributed by atoms with Crippen molar-refractivity contribution in [2.75, 3.05) is 0 Å². The molecule has 0 aromatic heterocycles. The molecule has 0 spiro atoms. The van der Waals surface area contributed by atoms with E-state index in [1.165, 1.54) is 5.56 Å². The van der Waals surface area contributed by atoms with Crippen molar-refractivity contribution in [3.05, 3.63) is 58.6 Å². The van der Waals surface area contributed by atoms with E-state index in [0.717, 1.165) is 16.0 Å². The van der Waals surface area contributed by atoms with Gasteiger partial charge in [-0.15, -0.1) is 0 Å². The van der Waals surface area contributed by atoms with Crippen LogP contribution < -0.4 is 4.74 Å². The molecule has 0 aliphatic carbocycles. The molecule has 18 heavy (non-hydrogen) atoms. The Balaban J connectivity index is 2.32. The van der Waals surface area contributed by atoms with E-state index >= 15 is 0 Å². The molecule has 0 heterocycles. The van der Waals surface area contributed by atoms with Crippen molar-refractivity contribution in [1.29, 1.82) is 0 Å². The minimum atomic E-state index is 0.110. The van der Waals surface area contributed by atoms with E-state index in [0.29, 0.717) is 0 Å². The lowest BCUT2D eigenvalue weighted by Crippen LogP contribution is -2.10. The fraction of sp³-hybridized carbons (Fsp3) is 0.250. The van der Waals surface area contributed by atoms with Crippen LogP contribution in [-0.4, -0.2) is 0 Å². The van der Waals surface area contributed by atoms with Gasteiger partial charge in [0, 0.05) is 4.47 Å². The summed E-state index contributed by atoms with van der Waals surface area (Å²) >= 11 is 3.54. The first-order chi connectivity index (χ1) is 8.45. The number of rotatable bonds is 2. The van der Waals surface area contributed by atoms with Gasteiger partial charge in [0.25, 0.3) is 0 Å². The zero-order valence-electron chi connectivity index (χ0n) is 10.9. The Hall–Kier alpha value is -1.28. The highest BCUT2D eigenvalue weighted by molar-refractivity contribution is 9.10. The van der Waals surface area contributed by atoms with Crippen LogP contribution in [0.1, 0.15) is 26.3 Å². The number of hydrogen-bond donors (Lipinski definition) is 0. The largest absolute Gasteiger partial charge is 0.457 e. The highest BCUT2D eigenvalue weighted by Gasteiger charge is 2.15. The molecule has 0 amide bonds. The number of halogens is 1. The van der Waals surface area contributed by atoms with Gasteiger partial charge < -0.3 is 4.74 Å². The third kappa shape index (κ3) is 3.36. The van der Waals surface area contributed by atoms with Gasteiger partial charge in [-0.25, -0.2) is 0 Å². The zero-order valence-corrected chi connectivity index (χ0v) is 12.5. The number of benzene rings is 2. The SMILES string of the molecule is CC(C)(C)c1cc(Br)cc(Oc2ccccc2)c1. The molecular formula is C16H17BrO. The molecule has 0 bridgehead atoms. The Bertz CT molecular complexity index is 527. The van der Waals surface area contributed by atoms with Crippen LogP contribution in [0.25, 0.3) is 0 Å². The predicted molar refractivity (Wildman–Crippen MR) is 79.4 cm³/mol. The molecular weight excluding hydrogens is 288 g/mol. The monoisotopic (exact) mass is 304 g/mol. The van der Waals surface area contributed by atoms with E-state index in [1.807, 2.05) is 36.4 Å². The first-order valence-corrected chi connectivity index (χ1v) is 6.78. The van der Waals surface area contributed by atoms with Gasteiger partial charge >= 0.3 is 0 Å². The minimum Gasteiger partial charge on any atom is -0.457 e. The molecule has 0 radical (unpaired) electrons. The Labute approximate surface area is 117 Å². The van der Waals surface area contributed by atoms with Gasteiger partial charge in [0.2, 0.25) is 0 Å². The second kappa shape index (κ2) is 5.15. The van der Waals surface area contributed by atoms with Crippen molar-refractivity contribution in [3.63, 3.8) is 0 Å². The Kier molecular flexibility index (Phi) is 3.76. The van der Waals surface area contributed by atoms with Gasteiger partial charge in [-0.1, -0.05) is 54.9 Å². The number of hydrogen-bond acceptors (Lipinski definition) is 1. The average molecular weight is 305 g/mol. The number of para-hydroxylation sites is 1. The van der Waals surface area contributed by atoms with Gasteiger partial charge in [-0.3, -0.25) is 0 Å². The maximum absolute atomic E-state index is 5.86. The lowest BCUT2D eigenvalue weighted by molar-refractivity contribution is 0.478. The quantitative estimate of drug-likeness (QED) is 0.708. The summed E-state index contributed by atoms with van der Waals surface area (Å²) in [5.41, 5.74) is 1.36. The first kappa shape index (κ1) is 13.2. The summed E-state index contributed by atoms with van der Waals surface area (Å²) in [6.07, 6.45) is 0. The lowest BCUT2D eigenvalue weighted by atomic mass is 9.87. The molecule has 0 saturated carbocycles. The molecule has 1 nitrogen and oxygen atoms in total. The summed E-state index contributed by atoms with van der Waals surface area (Å²) in [4.78, 5) is 0. The van der Waals surface area contributed by atoms with E-state index in [4.69, 9.17) is 4.74 Å². The standard InChI is InChI=1S/C16H17BrO/c1-16(2,3)12-9-13(17)11-15(10-12)18-14-7-5-4-6-8-14/h4-11H,1-3H3. The maximum Gasteiger partial charge on any atom is 0.128 e. The van der Waals surface area contributed by atoms with Crippen LogP contribution in [0.3, 0.4) is 0 Å². The molecule has 0 saturated heterocycles. The molecule has 2 aromatic carbocycles. The molecule has 2 aromatic rings. The minimum absolute atomic E-state index is 0.110. The lowest BCUT2D eigenvalue weighted by Gasteiger charge is -2.20. The molecule has 0 atom stereocenters. The van der Waals surface area contributed by atoms with E-state index in [2.05, 4.69) is 48.8 Å². The molecule has 0 fully saturated rings. The van der Waals surface area contributed by atoms with Crippen molar-refractivity contribution in [2.24, 2.45) is 0 Å². The van der Waals surface area contributed by atoms with Crippen molar-refractivity contribution < 1.29 is 4.74 Å². The molecule has 2 rings (SSSR count). The molecule has 0 aliphatic rings. The summed E-state index contributed by atoms with van der Waals surface area (Å²) in [5, 5.41) is 0. The van der Waals surface area contributed by atoms with Gasteiger partial charge in [0.1, 0.15) is 11.5 Å². The van der Waals surface area contributed by atoms with Gasteiger partial charge in [0.05, 0.1) is 0 Å². The van der Waals surface area contributed by atoms with Gasteiger partial charge in [-0.05, 0) is 41.3 Å². The first-order valence-electron chi connectivity index (χ1n) is 5.99. The number of ether oxygens (including phenoxy) is 1. The van der Waals surface area contributed by atoms with E-state index < -0.39 is 0 Å². The van der Waals surface area contributed by atoms with Crippen molar-refractivity contribution >= 4 is 15.9 Å². The third-order valence-corrected chi connectivity index (χ3v) is 3.17. The second-order valence-corrected chi connectivity index (χ2v) is 6.26. The Morgan fingerprint density at radius 3 is 2.17 bits per heavy atom. The molecule has 0 aliphatic heterocycles. The average Bonchev–Trinajstić information content (AvgIpc) is 2.28. The summed E-state index contributed by atoms with van der Waals surface area (Å²) < 4.78 is 6.91. The van der Waals surface area contributed by atoms with E-state index in [1.54, 1.807) is 0 Å². The Morgan fingerprint density at radius 1 is 0.889 bits per heavy atom. The van der Waals surface area contributed by atoms with Crippen LogP contribution in [0.4, 0.5) is 0 Å². The molecule has 0 unspecified atom stereocenters. The van der Waals surface area contributed by atoms with Crippen LogP contribution in [0, 0.1) is 0 Å². The summed E-state index contributed by atoms with van der Waals surface area (Å²) in [5.74, 6) is 1.72. The topological polar surface area (TPSA) is 9.23 Å². The van der Waals surface area contributed by atoms with Crippen LogP contribution in [-0.2, 0) is 5.41 Å².